The Morgan fingerprint density at radius 2 is 1.48 bits per heavy atom. The normalized spacial score (nSPS) is 11.4. The number of ether oxygens (including phenoxy) is 2. The maximum Gasteiger partial charge on any atom is 0.311 e. The second kappa shape index (κ2) is 9.55. The average molecular weight is 389 g/mol. The molecular weight excluding hydrogens is 366 g/mol. The SMILES string of the molecule is COc1ccccc1NC(=O)[C@H](C)OC(=O)Cc1ccc(-c2ccccc2)cc1. The summed E-state index contributed by atoms with van der Waals surface area (Å²) < 4.78 is 10.5. The monoisotopic (exact) mass is 389 g/mol. The lowest BCUT2D eigenvalue weighted by molar-refractivity contribution is -0.152. The van der Waals surface area contributed by atoms with Gasteiger partial charge in [0, 0.05) is 0 Å². The number of nitrogens with one attached hydrogen (secondary N) is 1. The van der Waals surface area contributed by atoms with E-state index >= 15 is 0 Å². The molecule has 0 aliphatic heterocycles. The first kappa shape index (κ1) is 20.1. The number of hydrogen-bond donors (Lipinski definition) is 1. The Morgan fingerprint density at radius 1 is 0.862 bits per heavy atom. The Morgan fingerprint density at radius 3 is 2.17 bits per heavy atom. The second-order valence-electron chi connectivity index (χ2n) is 6.56. The van der Waals surface area contributed by atoms with Gasteiger partial charge in [-0.25, -0.2) is 0 Å². The van der Waals surface area contributed by atoms with E-state index < -0.39 is 18.0 Å². The summed E-state index contributed by atoms with van der Waals surface area (Å²) in [5.41, 5.74) is 3.54. The molecular formula is C24H23NO4. The summed E-state index contributed by atoms with van der Waals surface area (Å²) in [6.07, 6.45) is -0.822. The van der Waals surface area contributed by atoms with Crippen LogP contribution in [0.1, 0.15) is 12.5 Å². The van der Waals surface area contributed by atoms with Gasteiger partial charge in [0.15, 0.2) is 6.10 Å². The van der Waals surface area contributed by atoms with Gasteiger partial charge in [0.25, 0.3) is 5.91 Å². The second-order valence-corrected chi connectivity index (χ2v) is 6.56. The number of methoxy groups -OCH3 is 1. The molecule has 0 spiro atoms. The third-order valence-electron chi connectivity index (χ3n) is 4.45. The van der Waals surface area contributed by atoms with Crippen LogP contribution in [-0.2, 0) is 20.7 Å². The topological polar surface area (TPSA) is 64.6 Å². The molecule has 0 bridgehead atoms. The molecule has 0 aliphatic rings. The van der Waals surface area contributed by atoms with Crippen molar-refractivity contribution in [2.45, 2.75) is 19.4 Å². The van der Waals surface area contributed by atoms with Gasteiger partial charge >= 0.3 is 5.97 Å². The maximum absolute atomic E-state index is 12.3. The van der Waals surface area contributed by atoms with Crippen LogP contribution in [0.15, 0.2) is 78.9 Å². The van der Waals surface area contributed by atoms with Gasteiger partial charge in [0.1, 0.15) is 5.75 Å². The van der Waals surface area contributed by atoms with Gasteiger partial charge < -0.3 is 14.8 Å². The molecule has 3 rings (SSSR count). The van der Waals surface area contributed by atoms with Crippen LogP contribution >= 0.6 is 0 Å². The fourth-order valence-electron chi connectivity index (χ4n) is 2.89. The molecule has 0 aliphatic carbocycles. The number of carbonyl (C=O) groups is 2. The molecule has 1 N–H and O–H groups in total. The van der Waals surface area contributed by atoms with Crippen molar-refractivity contribution >= 4 is 17.6 Å². The van der Waals surface area contributed by atoms with Crippen molar-refractivity contribution in [1.82, 2.24) is 0 Å². The molecule has 0 unspecified atom stereocenters. The third kappa shape index (κ3) is 5.45. The Bertz CT molecular complexity index is 968. The van der Waals surface area contributed by atoms with Crippen molar-refractivity contribution in [3.63, 3.8) is 0 Å². The smallest absolute Gasteiger partial charge is 0.311 e. The summed E-state index contributed by atoms with van der Waals surface area (Å²) in [4.78, 5) is 24.6. The van der Waals surface area contributed by atoms with Crippen LogP contribution in [0.5, 0.6) is 5.75 Å². The molecule has 148 valence electrons. The van der Waals surface area contributed by atoms with Gasteiger partial charge in [0.2, 0.25) is 0 Å². The molecule has 29 heavy (non-hydrogen) atoms. The highest BCUT2D eigenvalue weighted by Gasteiger charge is 2.19. The molecule has 0 radical (unpaired) electrons. The van der Waals surface area contributed by atoms with Gasteiger partial charge in [-0.1, -0.05) is 66.7 Å². The number of hydrogen-bond acceptors (Lipinski definition) is 4. The van der Waals surface area contributed by atoms with Gasteiger partial charge in [-0.2, -0.15) is 0 Å². The first-order valence-corrected chi connectivity index (χ1v) is 9.34. The van der Waals surface area contributed by atoms with Crippen LogP contribution in [0.2, 0.25) is 0 Å². The zero-order valence-electron chi connectivity index (χ0n) is 16.4. The summed E-state index contributed by atoms with van der Waals surface area (Å²) >= 11 is 0. The van der Waals surface area contributed by atoms with E-state index in [0.29, 0.717) is 11.4 Å². The van der Waals surface area contributed by atoms with E-state index in [1.807, 2.05) is 54.6 Å². The molecule has 0 fully saturated rings. The minimum absolute atomic E-state index is 0.0986. The van der Waals surface area contributed by atoms with Crippen LogP contribution in [-0.4, -0.2) is 25.1 Å². The molecule has 3 aromatic carbocycles. The van der Waals surface area contributed by atoms with Crippen LogP contribution in [0.25, 0.3) is 11.1 Å². The van der Waals surface area contributed by atoms with Gasteiger partial charge in [-0.15, -0.1) is 0 Å². The lowest BCUT2D eigenvalue weighted by Crippen LogP contribution is -2.30. The Kier molecular flexibility index (Phi) is 6.63. The lowest BCUT2D eigenvalue weighted by Gasteiger charge is -2.15. The minimum atomic E-state index is -0.920. The third-order valence-corrected chi connectivity index (χ3v) is 4.45. The highest BCUT2D eigenvalue weighted by Crippen LogP contribution is 2.23. The average Bonchev–Trinajstić information content (AvgIpc) is 2.75. The summed E-state index contributed by atoms with van der Waals surface area (Å²) in [6, 6.07) is 24.8. The standard InChI is InChI=1S/C24H23NO4/c1-17(24(27)25-21-10-6-7-11-22(21)28-2)29-23(26)16-18-12-14-20(15-13-18)19-8-4-3-5-9-19/h3-15,17H,16H2,1-2H3,(H,25,27)/t17-/m0/s1. The van der Waals surface area contributed by atoms with Gasteiger partial charge in [0.05, 0.1) is 19.2 Å². The van der Waals surface area contributed by atoms with E-state index in [1.54, 1.807) is 31.2 Å². The van der Waals surface area contributed by atoms with Crippen molar-refractivity contribution < 1.29 is 19.1 Å². The van der Waals surface area contributed by atoms with Gasteiger partial charge in [-0.05, 0) is 35.7 Å². The van der Waals surface area contributed by atoms with Crippen LogP contribution < -0.4 is 10.1 Å². The zero-order valence-corrected chi connectivity index (χ0v) is 16.4. The highest BCUT2D eigenvalue weighted by molar-refractivity contribution is 5.96. The van der Waals surface area contributed by atoms with E-state index in [-0.39, 0.29) is 6.42 Å². The summed E-state index contributed by atoms with van der Waals surface area (Å²) in [5, 5.41) is 2.71. The van der Waals surface area contributed by atoms with E-state index in [2.05, 4.69) is 5.32 Å². The molecule has 0 saturated heterocycles. The van der Waals surface area contributed by atoms with Crippen LogP contribution in [0, 0.1) is 0 Å². The molecule has 0 aromatic heterocycles. The highest BCUT2D eigenvalue weighted by atomic mass is 16.5. The summed E-state index contributed by atoms with van der Waals surface area (Å²) in [6.45, 7) is 1.54. The van der Waals surface area contributed by atoms with E-state index in [1.165, 1.54) is 7.11 Å². The summed E-state index contributed by atoms with van der Waals surface area (Å²) in [5.74, 6) is -0.333. The van der Waals surface area contributed by atoms with Crippen molar-refractivity contribution in [3.05, 3.63) is 84.4 Å². The quantitative estimate of drug-likeness (QED) is 0.606. The van der Waals surface area contributed by atoms with E-state index in [9.17, 15) is 9.59 Å². The number of anilines is 1. The Labute approximate surface area is 170 Å². The zero-order chi connectivity index (χ0) is 20.6. The Balaban J connectivity index is 1.55. The number of carbonyl (C=O) groups excluding carboxylic acids is 2. The first-order valence-electron chi connectivity index (χ1n) is 9.34. The molecule has 5 nitrogen and oxygen atoms in total. The van der Waals surface area contributed by atoms with Crippen LogP contribution in [0.3, 0.4) is 0 Å². The van der Waals surface area contributed by atoms with E-state index in [4.69, 9.17) is 9.47 Å². The summed E-state index contributed by atoms with van der Waals surface area (Å²) in [7, 11) is 1.53. The van der Waals surface area contributed by atoms with Crippen molar-refractivity contribution in [3.8, 4) is 16.9 Å². The minimum Gasteiger partial charge on any atom is -0.495 e. The molecule has 3 aromatic rings. The fourth-order valence-corrected chi connectivity index (χ4v) is 2.89. The largest absolute Gasteiger partial charge is 0.495 e. The van der Waals surface area contributed by atoms with Crippen LogP contribution in [0.4, 0.5) is 5.69 Å². The molecule has 0 saturated carbocycles. The fraction of sp³-hybridized carbons (Fsp3) is 0.167. The van der Waals surface area contributed by atoms with Crippen molar-refractivity contribution in [1.29, 1.82) is 0 Å². The molecule has 1 atom stereocenters. The number of esters is 1. The number of benzene rings is 3. The molecule has 1 amide bonds. The Hall–Kier alpha value is -3.60. The predicted molar refractivity (Wildman–Crippen MR) is 113 cm³/mol. The van der Waals surface area contributed by atoms with E-state index in [0.717, 1.165) is 16.7 Å². The number of rotatable bonds is 7. The first-order chi connectivity index (χ1) is 14.1. The number of amides is 1. The molecule has 5 heteroatoms. The van der Waals surface area contributed by atoms with Crippen molar-refractivity contribution in [2.75, 3.05) is 12.4 Å². The number of para-hydroxylation sites is 2. The van der Waals surface area contributed by atoms with Crippen molar-refractivity contribution in [2.24, 2.45) is 0 Å². The molecule has 0 heterocycles. The van der Waals surface area contributed by atoms with Gasteiger partial charge in [-0.3, -0.25) is 9.59 Å². The predicted octanol–water partition coefficient (Wildman–Crippen LogP) is 4.48. The maximum atomic E-state index is 12.3. The lowest BCUT2D eigenvalue weighted by atomic mass is 10.0.